The van der Waals surface area contributed by atoms with E-state index in [0.717, 1.165) is 48.2 Å². The van der Waals surface area contributed by atoms with Gasteiger partial charge >= 0.3 is 5.97 Å². The second-order valence-electron chi connectivity index (χ2n) is 6.22. The highest BCUT2D eigenvalue weighted by Gasteiger charge is 2.28. The summed E-state index contributed by atoms with van der Waals surface area (Å²) in [6, 6.07) is 15.9. The van der Waals surface area contributed by atoms with E-state index in [1.165, 1.54) is 0 Å². The summed E-state index contributed by atoms with van der Waals surface area (Å²) in [5.74, 6) is 0.146. The molecular weight excluding hydrogens is 302 g/mol. The van der Waals surface area contributed by atoms with Gasteiger partial charge in [-0.05, 0) is 36.6 Å². The molecule has 24 heavy (non-hydrogen) atoms. The van der Waals surface area contributed by atoms with Crippen LogP contribution in [0, 0.1) is 0 Å². The molecule has 0 amide bonds. The molecule has 1 fully saturated rings. The molecule has 0 aromatic heterocycles. The van der Waals surface area contributed by atoms with Crippen molar-refractivity contribution in [3.8, 4) is 16.9 Å². The first-order chi connectivity index (χ1) is 11.7. The van der Waals surface area contributed by atoms with Crippen molar-refractivity contribution < 1.29 is 14.6 Å². The number of hydrogen-bond acceptors (Lipinski definition) is 3. The first-order valence-electron chi connectivity index (χ1n) is 8.38. The summed E-state index contributed by atoms with van der Waals surface area (Å²) in [7, 11) is 1.68. The Bertz CT molecular complexity index is 696. The summed E-state index contributed by atoms with van der Waals surface area (Å²) < 4.78 is 5.42. The normalized spacial score (nSPS) is 18.3. The van der Waals surface area contributed by atoms with Crippen LogP contribution in [0.1, 0.15) is 24.8 Å². The predicted molar refractivity (Wildman–Crippen MR) is 94.1 cm³/mol. The number of carbonyl (C=O) groups is 1. The number of nitrogens with zero attached hydrogens (tertiary/aromatic N) is 1. The molecule has 0 saturated carbocycles. The molecule has 2 aromatic rings. The van der Waals surface area contributed by atoms with Gasteiger partial charge in [-0.1, -0.05) is 48.9 Å². The lowest BCUT2D eigenvalue weighted by molar-refractivity contribution is -0.144. The van der Waals surface area contributed by atoms with Crippen LogP contribution in [0.2, 0.25) is 0 Å². The molecule has 1 N–H and O–H groups in total. The highest BCUT2D eigenvalue weighted by molar-refractivity contribution is 5.73. The van der Waals surface area contributed by atoms with Crippen molar-refractivity contribution >= 4 is 5.97 Å². The van der Waals surface area contributed by atoms with Gasteiger partial charge in [-0.25, -0.2) is 0 Å². The Labute approximate surface area is 142 Å². The number of benzene rings is 2. The number of hydrogen-bond donors (Lipinski definition) is 1. The van der Waals surface area contributed by atoms with E-state index in [-0.39, 0.29) is 6.04 Å². The van der Waals surface area contributed by atoms with Crippen molar-refractivity contribution in [1.29, 1.82) is 0 Å². The van der Waals surface area contributed by atoms with Crippen molar-refractivity contribution in [2.45, 2.75) is 31.8 Å². The summed E-state index contributed by atoms with van der Waals surface area (Å²) in [6.45, 7) is 1.54. The minimum Gasteiger partial charge on any atom is -0.496 e. The molecule has 1 saturated heterocycles. The van der Waals surface area contributed by atoms with Gasteiger partial charge in [0.25, 0.3) is 0 Å². The molecule has 0 radical (unpaired) electrons. The van der Waals surface area contributed by atoms with Gasteiger partial charge in [0, 0.05) is 12.1 Å². The highest BCUT2D eigenvalue weighted by atomic mass is 16.5. The molecule has 0 bridgehead atoms. The third-order valence-electron chi connectivity index (χ3n) is 4.66. The Balaban J connectivity index is 1.76. The molecule has 1 heterocycles. The van der Waals surface area contributed by atoms with Crippen LogP contribution in [0.4, 0.5) is 0 Å². The van der Waals surface area contributed by atoms with Gasteiger partial charge in [-0.15, -0.1) is 0 Å². The van der Waals surface area contributed by atoms with Crippen LogP contribution < -0.4 is 4.74 Å². The molecule has 4 nitrogen and oxygen atoms in total. The van der Waals surface area contributed by atoms with Gasteiger partial charge in [0.15, 0.2) is 0 Å². The van der Waals surface area contributed by atoms with E-state index in [4.69, 9.17) is 4.74 Å². The fourth-order valence-corrected chi connectivity index (χ4v) is 3.37. The Kier molecular flexibility index (Phi) is 5.16. The van der Waals surface area contributed by atoms with Crippen LogP contribution in [-0.2, 0) is 11.3 Å². The Morgan fingerprint density at radius 2 is 1.92 bits per heavy atom. The summed E-state index contributed by atoms with van der Waals surface area (Å²) in [4.78, 5) is 13.5. The van der Waals surface area contributed by atoms with Crippen LogP contribution in [0.25, 0.3) is 11.1 Å². The van der Waals surface area contributed by atoms with Gasteiger partial charge < -0.3 is 9.84 Å². The maximum absolute atomic E-state index is 11.4. The van der Waals surface area contributed by atoms with Gasteiger partial charge in [0.2, 0.25) is 0 Å². The average molecular weight is 325 g/mol. The SMILES string of the molecule is COc1ccccc1-c1ccc(CN2CCCCC2C(=O)O)cc1. The molecule has 4 heteroatoms. The third kappa shape index (κ3) is 3.60. The fraction of sp³-hybridized carbons (Fsp3) is 0.350. The van der Waals surface area contributed by atoms with E-state index in [9.17, 15) is 9.90 Å². The van der Waals surface area contributed by atoms with Gasteiger partial charge in [-0.2, -0.15) is 0 Å². The average Bonchev–Trinajstić information content (AvgIpc) is 2.62. The quantitative estimate of drug-likeness (QED) is 0.908. The highest BCUT2D eigenvalue weighted by Crippen LogP contribution is 2.30. The molecule has 1 atom stereocenters. The number of para-hydroxylation sites is 1. The number of likely N-dealkylation sites (tertiary alicyclic amines) is 1. The lowest BCUT2D eigenvalue weighted by Crippen LogP contribution is -2.43. The van der Waals surface area contributed by atoms with Gasteiger partial charge in [-0.3, -0.25) is 9.69 Å². The number of carboxylic acid groups (broad SMARTS) is 1. The van der Waals surface area contributed by atoms with Crippen LogP contribution in [0.15, 0.2) is 48.5 Å². The van der Waals surface area contributed by atoms with Crippen LogP contribution in [-0.4, -0.2) is 35.7 Å². The molecule has 1 aliphatic heterocycles. The van der Waals surface area contributed by atoms with Gasteiger partial charge in [0.05, 0.1) is 7.11 Å². The first kappa shape index (κ1) is 16.5. The van der Waals surface area contributed by atoms with E-state index in [1.807, 2.05) is 24.3 Å². The molecule has 2 aromatic carbocycles. The van der Waals surface area contributed by atoms with Crippen molar-refractivity contribution in [2.24, 2.45) is 0 Å². The van der Waals surface area contributed by atoms with E-state index in [1.54, 1.807) is 7.11 Å². The van der Waals surface area contributed by atoms with Crippen molar-refractivity contribution in [3.63, 3.8) is 0 Å². The van der Waals surface area contributed by atoms with Crippen molar-refractivity contribution in [2.75, 3.05) is 13.7 Å². The predicted octanol–water partition coefficient (Wildman–Crippen LogP) is 3.80. The zero-order valence-corrected chi connectivity index (χ0v) is 13.9. The van der Waals surface area contributed by atoms with Gasteiger partial charge in [0.1, 0.15) is 11.8 Å². The first-order valence-corrected chi connectivity index (χ1v) is 8.38. The lowest BCUT2D eigenvalue weighted by atomic mass is 10.00. The third-order valence-corrected chi connectivity index (χ3v) is 4.66. The Hall–Kier alpha value is -2.33. The standard InChI is InChI=1S/C20H23NO3/c1-24-19-8-3-2-6-17(19)16-11-9-15(10-12-16)14-21-13-5-4-7-18(21)20(22)23/h2-3,6,8-12,18H,4-5,7,13-14H2,1H3,(H,22,23). The Morgan fingerprint density at radius 1 is 1.17 bits per heavy atom. The van der Waals surface area contributed by atoms with Crippen molar-refractivity contribution in [3.05, 3.63) is 54.1 Å². The number of ether oxygens (including phenoxy) is 1. The molecule has 0 spiro atoms. The number of piperidine rings is 1. The molecular formula is C20H23NO3. The fourth-order valence-electron chi connectivity index (χ4n) is 3.37. The van der Waals surface area contributed by atoms with Crippen LogP contribution in [0.5, 0.6) is 5.75 Å². The van der Waals surface area contributed by atoms with E-state index in [2.05, 4.69) is 29.2 Å². The van der Waals surface area contributed by atoms with Crippen LogP contribution >= 0.6 is 0 Å². The number of carboxylic acids is 1. The minimum atomic E-state index is -0.708. The summed E-state index contributed by atoms with van der Waals surface area (Å²) in [5, 5.41) is 9.38. The smallest absolute Gasteiger partial charge is 0.320 e. The molecule has 1 aliphatic rings. The largest absolute Gasteiger partial charge is 0.496 e. The van der Waals surface area contributed by atoms with E-state index >= 15 is 0 Å². The number of aliphatic carboxylic acids is 1. The molecule has 1 unspecified atom stereocenters. The molecule has 3 rings (SSSR count). The Morgan fingerprint density at radius 3 is 2.62 bits per heavy atom. The molecule has 0 aliphatic carbocycles. The second-order valence-corrected chi connectivity index (χ2v) is 6.22. The van der Waals surface area contributed by atoms with Crippen LogP contribution in [0.3, 0.4) is 0 Å². The lowest BCUT2D eigenvalue weighted by Gasteiger charge is -2.32. The zero-order valence-electron chi connectivity index (χ0n) is 13.9. The summed E-state index contributed by atoms with van der Waals surface area (Å²) in [6.07, 6.45) is 2.82. The van der Waals surface area contributed by atoms with Crippen molar-refractivity contribution in [1.82, 2.24) is 4.90 Å². The maximum Gasteiger partial charge on any atom is 0.320 e. The second kappa shape index (κ2) is 7.49. The number of methoxy groups -OCH3 is 1. The van der Waals surface area contributed by atoms with E-state index in [0.29, 0.717) is 6.54 Å². The topological polar surface area (TPSA) is 49.8 Å². The summed E-state index contributed by atoms with van der Waals surface area (Å²) in [5.41, 5.74) is 3.30. The van der Waals surface area contributed by atoms with E-state index < -0.39 is 5.97 Å². The monoisotopic (exact) mass is 325 g/mol. The maximum atomic E-state index is 11.4. The minimum absolute atomic E-state index is 0.354. The molecule has 126 valence electrons. The number of rotatable bonds is 5. The summed E-state index contributed by atoms with van der Waals surface area (Å²) >= 11 is 0. The zero-order chi connectivity index (χ0) is 16.9.